The Balaban J connectivity index is 2.24. The average molecular weight is 291 g/mol. The Kier molecular flexibility index (Phi) is 4.77. The second kappa shape index (κ2) is 6.56. The van der Waals surface area contributed by atoms with E-state index in [0.29, 0.717) is 11.6 Å². The molecule has 114 valence electrons. The molecule has 1 aromatic rings. The van der Waals surface area contributed by atoms with Crippen molar-refractivity contribution >= 4 is 17.3 Å². The Morgan fingerprint density at radius 2 is 2.05 bits per heavy atom. The second-order valence-electron chi connectivity index (χ2n) is 5.55. The summed E-state index contributed by atoms with van der Waals surface area (Å²) < 4.78 is 0. The first kappa shape index (κ1) is 15.3. The lowest BCUT2D eigenvalue weighted by molar-refractivity contribution is -0.384. The molecule has 0 heterocycles. The summed E-state index contributed by atoms with van der Waals surface area (Å²) in [6.07, 6.45) is 4.30. The Hall–Kier alpha value is -2.11. The first-order valence-electron chi connectivity index (χ1n) is 7.30. The molecule has 0 aliphatic heterocycles. The summed E-state index contributed by atoms with van der Waals surface area (Å²) in [6, 6.07) is 4.85. The molecule has 1 aliphatic carbocycles. The van der Waals surface area contributed by atoms with E-state index in [9.17, 15) is 14.9 Å². The Labute approximate surface area is 124 Å². The van der Waals surface area contributed by atoms with Crippen molar-refractivity contribution in [3.63, 3.8) is 0 Å². The number of nitrogens with zero attached hydrogens (tertiary/aromatic N) is 1. The molecule has 6 nitrogen and oxygen atoms in total. The third-order valence-corrected chi connectivity index (χ3v) is 4.16. The molecule has 0 saturated heterocycles. The predicted molar refractivity (Wildman–Crippen MR) is 81.5 cm³/mol. The zero-order valence-electron chi connectivity index (χ0n) is 12.4. The van der Waals surface area contributed by atoms with Crippen LogP contribution < -0.4 is 10.6 Å². The summed E-state index contributed by atoms with van der Waals surface area (Å²) in [7, 11) is 1.60. The van der Waals surface area contributed by atoms with Crippen molar-refractivity contribution in [1.82, 2.24) is 5.32 Å². The van der Waals surface area contributed by atoms with Crippen LogP contribution in [-0.2, 0) is 0 Å². The molecule has 0 aromatic heterocycles. The summed E-state index contributed by atoms with van der Waals surface area (Å²) >= 11 is 0. The number of amides is 1. The minimum Gasteiger partial charge on any atom is -0.383 e. The fourth-order valence-electron chi connectivity index (χ4n) is 2.90. The van der Waals surface area contributed by atoms with Crippen LogP contribution in [0.3, 0.4) is 0 Å². The minimum absolute atomic E-state index is 0.101. The number of benzene rings is 1. The third kappa shape index (κ3) is 3.32. The summed E-state index contributed by atoms with van der Waals surface area (Å²) in [6.45, 7) is 2.11. The molecule has 6 heteroatoms. The van der Waals surface area contributed by atoms with E-state index in [2.05, 4.69) is 17.6 Å². The van der Waals surface area contributed by atoms with Gasteiger partial charge in [-0.1, -0.05) is 25.8 Å². The lowest BCUT2D eigenvalue weighted by atomic mass is 9.86. The van der Waals surface area contributed by atoms with E-state index < -0.39 is 4.92 Å². The van der Waals surface area contributed by atoms with E-state index in [4.69, 9.17) is 0 Å². The highest BCUT2D eigenvalue weighted by Gasteiger charge is 2.28. The van der Waals surface area contributed by atoms with Crippen LogP contribution in [-0.4, -0.2) is 23.9 Å². The number of nitro benzene ring substituents is 1. The number of carbonyl (C=O) groups is 1. The van der Waals surface area contributed by atoms with Crippen LogP contribution in [0.15, 0.2) is 18.2 Å². The number of rotatable bonds is 4. The Morgan fingerprint density at radius 1 is 1.33 bits per heavy atom. The normalized spacial score (nSPS) is 21.6. The van der Waals surface area contributed by atoms with Gasteiger partial charge in [-0.05, 0) is 30.9 Å². The van der Waals surface area contributed by atoms with E-state index in [1.54, 1.807) is 19.2 Å². The van der Waals surface area contributed by atoms with Crippen molar-refractivity contribution in [3.8, 4) is 0 Å². The van der Waals surface area contributed by atoms with Crippen LogP contribution >= 0.6 is 0 Å². The van der Waals surface area contributed by atoms with Gasteiger partial charge < -0.3 is 10.6 Å². The number of nitrogens with one attached hydrogen (secondary N) is 2. The van der Waals surface area contributed by atoms with Gasteiger partial charge in [0.15, 0.2) is 0 Å². The van der Waals surface area contributed by atoms with Crippen LogP contribution in [0.25, 0.3) is 0 Å². The fraction of sp³-hybridized carbons (Fsp3) is 0.533. The highest BCUT2D eigenvalue weighted by Crippen LogP contribution is 2.29. The van der Waals surface area contributed by atoms with Crippen molar-refractivity contribution in [2.45, 2.75) is 38.6 Å². The van der Waals surface area contributed by atoms with Gasteiger partial charge in [0.1, 0.15) is 11.3 Å². The van der Waals surface area contributed by atoms with Crippen molar-refractivity contribution < 1.29 is 9.72 Å². The average Bonchev–Trinajstić information content (AvgIpc) is 2.48. The van der Waals surface area contributed by atoms with E-state index in [1.807, 2.05) is 0 Å². The lowest BCUT2D eigenvalue weighted by Crippen LogP contribution is -2.41. The van der Waals surface area contributed by atoms with Crippen LogP contribution in [0, 0.1) is 16.0 Å². The topological polar surface area (TPSA) is 84.3 Å². The fourth-order valence-corrected chi connectivity index (χ4v) is 2.90. The smallest absolute Gasteiger partial charge is 0.305 e. The standard InChI is InChI=1S/C15H21N3O3/c1-10-6-3-4-8-12(10)17-15(19)11-7-5-9-13(16-2)14(11)18(20)21/h5,7,9-10,12,16H,3-4,6,8H2,1-2H3,(H,17,19). The van der Waals surface area contributed by atoms with Crippen LogP contribution in [0.4, 0.5) is 11.4 Å². The first-order chi connectivity index (χ1) is 10.0. The molecule has 0 radical (unpaired) electrons. The summed E-state index contributed by atoms with van der Waals surface area (Å²) in [5.74, 6) is 0.0480. The molecule has 0 spiro atoms. The molecular formula is C15H21N3O3. The van der Waals surface area contributed by atoms with Gasteiger partial charge in [0.2, 0.25) is 0 Å². The van der Waals surface area contributed by atoms with E-state index in [0.717, 1.165) is 19.3 Å². The molecule has 1 fully saturated rings. The van der Waals surface area contributed by atoms with Gasteiger partial charge >= 0.3 is 5.69 Å². The van der Waals surface area contributed by atoms with Crippen LogP contribution in [0.2, 0.25) is 0 Å². The van der Waals surface area contributed by atoms with Crippen molar-refractivity contribution in [3.05, 3.63) is 33.9 Å². The second-order valence-corrected chi connectivity index (χ2v) is 5.55. The Morgan fingerprint density at radius 3 is 2.67 bits per heavy atom. The minimum atomic E-state index is -0.509. The molecule has 0 bridgehead atoms. The van der Waals surface area contributed by atoms with Crippen molar-refractivity contribution in [2.75, 3.05) is 12.4 Å². The molecule has 1 aliphatic rings. The van der Waals surface area contributed by atoms with Crippen LogP contribution in [0.5, 0.6) is 0 Å². The SMILES string of the molecule is CNc1cccc(C(=O)NC2CCCCC2C)c1[N+](=O)[O-]. The highest BCUT2D eigenvalue weighted by molar-refractivity contribution is 6.00. The molecule has 2 rings (SSSR count). The third-order valence-electron chi connectivity index (χ3n) is 4.16. The van der Waals surface area contributed by atoms with E-state index in [1.165, 1.54) is 12.5 Å². The molecule has 21 heavy (non-hydrogen) atoms. The molecule has 1 amide bonds. The number of hydrogen-bond acceptors (Lipinski definition) is 4. The van der Waals surface area contributed by atoms with Gasteiger partial charge in [0, 0.05) is 13.1 Å². The monoisotopic (exact) mass is 291 g/mol. The number of para-hydroxylation sites is 1. The Bertz CT molecular complexity index is 545. The van der Waals surface area contributed by atoms with Crippen LogP contribution in [0.1, 0.15) is 43.0 Å². The lowest BCUT2D eigenvalue weighted by Gasteiger charge is -2.29. The molecule has 2 unspecified atom stereocenters. The molecule has 2 atom stereocenters. The number of anilines is 1. The zero-order valence-corrected chi connectivity index (χ0v) is 12.4. The summed E-state index contributed by atoms with van der Waals surface area (Å²) in [5.41, 5.74) is 0.301. The van der Waals surface area contributed by atoms with Gasteiger partial charge in [-0.15, -0.1) is 0 Å². The first-order valence-corrected chi connectivity index (χ1v) is 7.30. The number of hydrogen-bond donors (Lipinski definition) is 2. The maximum atomic E-state index is 12.4. The van der Waals surface area contributed by atoms with Gasteiger partial charge in [0.25, 0.3) is 5.91 Å². The van der Waals surface area contributed by atoms with Gasteiger partial charge in [0.05, 0.1) is 4.92 Å². The highest BCUT2D eigenvalue weighted by atomic mass is 16.6. The zero-order chi connectivity index (χ0) is 15.4. The molecular weight excluding hydrogens is 270 g/mol. The summed E-state index contributed by atoms with van der Waals surface area (Å²) in [4.78, 5) is 23.1. The molecule has 2 N–H and O–H groups in total. The van der Waals surface area contributed by atoms with Gasteiger partial charge in [-0.3, -0.25) is 14.9 Å². The number of carbonyl (C=O) groups excluding carboxylic acids is 1. The van der Waals surface area contributed by atoms with E-state index >= 15 is 0 Å². The summed E-state index contributed by atoms with van der Waals surface area (Å²) in [5, 5.41) is 17.0. The van der Waals surface area contributed by atoms with Gasteiger partial charge in [-0.25, -0.2) is 0 Å². The largest absolute Gasteiger partial charge is 0.383 e. The maximum Gasteiger partial charge on any atom is 0.305 e. The van der Waals surface area contributed by atoms with Gasteiger partial charge in [-0.2, -0.15) is 0 Å². The molecule has 1 aromatic carbocycles. The van der Waals surface area contributed by atoms with Crippen molar-refractivity contribution in [2.24, 2.45) is 5.92 Å². The maximum absolute atomic E-state index is 12.4. The predicted octanol–water partition coefficient (Wildman–Crippen LogP) is 2.95. The molecule has 1 saturated carbocycles. The van der Waals surface area contributed by atoms with E-state index in [-0.39, 0.29) is 23.2 Å². The number of nitro groups is 1. The van der Waals surface area contributed by atoms with Crippen molar-refractivity contribution in [1.29, 1.82) is 0 Å². The quantitative estimate of drug-likeness (QED) is 0.660.